The van der Waals surface area contributed by atoms with E-state index in [9.17, 15) is 4.79 Å². The topological polar surface area (TPSA) is 64.4 Å². The van der Waals surface area contributed by atoms with Gasteiger partial charge in [0.1, 0.15) is 5.75 Å². The van der Waals surface area contributed by atoms with Gasteiger partial charge in [0.25, 0.3) is 0 Å². The smallest absolute Gasteiger partial charge is 0.237 e. The lowest BCUT2D eigenvalue weighted by Gasteiger charge is -2.19. The van der Waals surface area contributed by atoms with Crippen LogP contribution in [-0.4, -0.2) is 19.1 Å². The van der Waals surface area contributed by atoms with Gasteiger partial charge in [-0.3, -0.25) is 4.79 Å². The number of unbranched alkanes of at least 4 members (excludes halogenated alkanes) is 1. The molecule has 0 bridgehead atoms. The molecule has 106 valence electrons. The van der Waals surface area contributed by atoms with Gasteiger partial charge in [-0.15, -0.1) is 0 Å². The number of ether oxygens (including phenoxy) is 1. The summed E-state index contributed by atoms with van der Waals surface area (Å²) in [4.78, 5) is 12.0. The van der Waals surface area contributed by atoms with Crippen molar-refractivity contribution in [3.05, 3.63) is 29.8 Å². The van der Waals surface area contributed by atoms with Crippen LogP contribution in [-0.2, 0) is 4.79 Å². The number of benzene rings is 1. The molecule has 3 N–H and O–H groups in total. The van der Waals surface area contributed by atoms with Crippen molar-refractivity contribution in [1.29, 1.82) is 0 Å². The van der Waals surface area contributed by atoms with Crippen LogP contribution < -0.4 is 15.8 Å². The Morgan fingerprint density at radius 2 is 2.11 bits per heavy atom. The van der Waals surface area contributed by atoms with Crippen LogP contribution in [0.1, 0.15) is 44.7 Å². The van der Waals surface area contributed by atoms with Crippen LogP contribution >= 0.6 is 0 Å². The van der Waals surface area contributed by atoms with E-state index in [4.69, 9.17) is 10.5 Å². The molecule has 0 aromatic heterocycles. The average molecular weight is 264 g/mol. The molecule has 0 saturated heterocycles. The Hall–Kier alpha value is -1.55. The van der Waals surface area contributed by atoms with Crippen LogP contribution in [0.15, 0.2) is 24.3 Å². The Bertz CT molecular complexity index is 407. The Morgan fingerprint density at radius 3 is 2.74 bits per heavy atom. The standard InChI is InChI=1S/C15H24N2O2/c1-4-5-9-13(16)15(18)17-11(2)12-8-6-7-10-14(12)19-3/h6-8,10-11,13H,4-5,9,16H2,1-3H3,(H,17,18). The molecule has 1 aromatic rings. The number of amides is 1. The summed E-state index contributed by atoms with van der Waals surface area (Å²) in [5.41, 5.74) is 6.82. The second-order valence-corrected chi connectivity index (χ2v) is 4.72. The van der Waals surface area contributed by atoms with E-state index in [0.29, 0.717) is 0 Å². The summed E-state index contributed by atoms with van der Waals surface area (Å²) in [6.07, 6.45) is 2.74. The van der Waals surface area contributed by atoms with Crippen molar-refractivity contribution in [1.82, 2.24) is 5.32 Å². The van der Waals surface area contributed by atoms with Crippen LogP contribution in [0.2, 0.25) is 0 Å². The Labute approximate surface area is 115 Å². The van der Waals surface area contributed by atoms with E-state index in [2.05, 4.69) is 12.2 Å². The molecule has 0 fully saturated rings. The van der Waals surface area contributed by atoms with Crippen molar-refractivity contribution < 1.29 is 9.53 Å². The van der Waals surface area contributed by atoms with Gasteiger partial charge in [-0.2, -0.15) is 0 Å². The summed E-state index contributed by atoms with van der Waals surface area (Å²) in [7, 11) is 1.63. The molecule has 0 saturated carbocycles. The molecule has 4 nitrogen and oxygen atoms in total. The maximum Gasteiger partial charge on any atom is 0.237 e. The second kappa shape index (κ2) is 7.79. The third-order valence-corrected chi connectivity index (χ3v) is 3.17. The van der Waals surface area contributed by atoms with Crippen LogP contribution in [0.5, 0.6) is 5.75 Å². The van der Waals surface area contributed by atoms with Crippen molar-refractivity contribution in [2.75, 3.05) is 7.11 Å². The van der Waals surface area contributed by atoms with Crippen LogP contribution in [0.3, 0.4) is 0 Å². The maximum atomic E-state index is 12.0. The highest BCUT2D eigenvalue weighted by molar-refractivity contribution is 5.81. The summed E-state index contributed by atoms with van der Waals surface area (Å²) >= 11 is 0. The monoisotopic (exact) mass is 264 g/mol. The molecule has 0 aliphatic carbocycles. The Morgan fingerprint density at radius 1 is 1.42 bits per heavy atom. The fraction of sp³-hybridized carbons (Fsp3) is 0.533. The van der Waals surface area contributed by atoms with Crippen LogP contribution in [0, 0.1) is 0 Å². The number of carbonyl (C=O) groups is 1. The van der Waals surface area contributed by atoms with E-state index in [-0.39, 0.29) is 11.9 Å². The molecule has 0 aliphatic rings. The van der Waals surface area contributed by atoms with Gasteiger partial charge in [0.15, 0.2) is 0 Å². The minimum atomic E-state index is -0.433. The summed E-state index contributed by atoms with van der Waals surface area (Å²) < 4.78 is 5.29. The molecule has 0 aliphatic heterocycles. The van der Waals surface area contributed by atoms with Crippen molar-refractivity contribution >= 4 is 5.91 Å². The van der Waals surface area contributed by atoms with Gasteiger partial charge >= 0.3 is 0 Å². The molecular weight excluding hydrogens is 240 g/mol. The van der Waals surface area contributed by atoms with Gasteiger partial charge in [-0.05, 0) is 19.4 Å². The van der Waals surface area contributed by atoms with Crippen LogP contribution in [0.4, 0.5) is 0 Å². The molecule has 4 heteroatoms. The van der Waals surface area contributed by atoms with Crippen molar-refractivity contribution in [3.63, 3.8) is 0 Å². The maximum absolute atomic E-state index is 12.0. The van der Waals surface area contributed by atoms with Gasteiger partial charge in [0.2, 0.25) is 5.91 Å². The summed E-state index contributed by atoms with van der Waals surface area (Å²) in [6.45, 7) is 4.02. The molecule has 0 heterocycles. The third-order valence-electron chi connectivity index (χ3n) is 3.17. The van der Waals surface area contributed by atoms with Gasteiger partial charge in [0, 0.05) is 5.56 Å². The van der Waals surface area contributed by atoms with Gasteiger partial charge < -0.3 is 15.8 Å². The summed E-state index contributed by atoms with van der Waals surface area (Å²) in [5.74, 6) is 0.671. The zero-order valence-corrected chi connectivity index (χ0v) is 12.0. The molecule has 19 heavy (non-hydrogen) atoms. The Balaban J connectivity index is 2.63. The second-order valence-electron chi connectivity index (χ2n) is 4.72. The molecule has 0 radical (unpaired) electrons. The quantitative estimate of drug-likeness (QED) is 0.794. The summed E-state index contributed by atoms with van der Waals surface area (Å²) in [6, 6.07) is 7.12. The molecular formula is C15H24N2O2. The lowest BCUT2D eigenvalue weighted by Crippen LogP contribution is -2.41. The van der Waals surface area contributed by atoms with E-state index in [1.54, 1.807) is 7.11 Å². The molecule has 1 amide bonds. The van der Waals surface area contributed by atoms with Crippen LogP contribution in [0.25, 0.3) is 0 Å². The van der Waals surface area contributed by atoms with E-state index in [0.717, 1.165) is 30.6 Å². The summed E-state index contributed by atoms with van der Waals surface area (Å²) in [5, 5.41) is 2.94. The molecule has 2 unspecified atom stereocenters. The first kappa shape index (κ1) is 15.5. The number of nitrogens with one attached hydrogen (secondary N) is 1. The normalized spacial score (nSPS) is 13.7. The van der Waals surface area contributed by atoms with Crippen molar-refractivity contribution in [2.45, 2.75) is 45.2 Å². The highest BCUT2D eigenvalue weighted by Gasteiger charge is 2.17. The lowest BCUT2D eigenvalue weighted by molar-refractivity contribution is -0.123. The van der Waals surface area contributed by atoms with Gasteiger partial charge in [0.05, 0.1) is 19.2 Å². The number of hydrogen-bond acceptors (Lipinski definition) is 3. The molecule has 0 spiro atoms. The minimum absolute atomic E-state index is 0.105. The van der Waals surface area contributed by atoms with E-state index in [1.165, 1.54) is 0 Å². The minimum Gasteiger partial charge on any atom is -0.496 e. The zero-order valence-electron chi connectivity index (χ0n) is 12.0. The fourth-order valence-corrected chi connectivity index (χ4v) is 1.98. The highest BCUT2D eigenvalue weighted by Crippen LogP contribution is 2.24. The lowest BCUT2D eigenvalue weighted by atomic mass is 10.1. The average Bonchev–Trinajstić information content (AvgIpc) is 2.44. The predicted octanol–water partition coefficient (Wildman–Crippen LogP) is 2.39. The number of nitrogens with two attached hydrogens (primary N) is 1. The van der Waals surface area contributed by atoms with Gasteiger partial charge in [-0.1, -0.05) is 38.0 Å². The van der Waals surface area contributed by atoms with Crippen molar-refractivity contribution in [2.24, 2.45) is 5.73 Å². The number of rotatable bonds is 7. The first-order chi connectivity index (χ1) is 9.10. The van der Waals surface area contributed by atoms with E-state index < -0.39 is 6.04 Å². The highest BCUT2D eigenvalue weighted by atomic mass is 16.5. The number of para-hydroxylation sites is 1. The first-order valence-corrected chi connectivity index (χ1v) is 6.79. The fourth-order valence-electron chi connectivity index (χ4n) is 1.98. The number of carbonyl (C=O) groups excluding carboxylic acids is 1. The Kier molecular flexibility index (Phi) is 6.36. The van der Waals surface area contributed by atoms with E-state index in [1.807, 2.05) is 31.2 Å². The molecule has 1 aromatic carbocycles. The number of hydrogen-bond donors (Lipinski definition) is 2. The SMILES string of the molecule is CCCCC(N)C(=O)NC(C)c1ccccc1OC. The largest absolute Gasteiger partial charge is 0.496 e. The third kappa shape index (κ3) is 4.56. The first-order valence-electron chi connectivity index (χ1n) is 6.79. The van der Waals surface area contributed by atoms with Gasteiger partial charge in [-0.25, -0.2) is 0 Å². The van der Waals surface area contributed by atoms with Crippen molar-refractivity contribution in [3.8, 4) is 5.75 Å². The predicted molar refractivity (Wildman–Crippen MR) is 77.1 cm³/mol. The zero-order chi connectivity index (χ0) is 14.3. The van der Waals surface area contributed by atoms with E-state index >= 15 is 0 Å². The molecule has 2 atom stereocenters. The number of methoxy groups -OCH3 is 1. The molecule has 1 rings (SSSR count).